The summed E-state index contributed by atoms with van der Waals surface area (Å²) in [5.41, 5.74) is 1.89. The van der Waals surface area contributed by atoms with Crippen molar-refractivity contribution in [3.05, 3.63) is 24.3 Å². The number of hydrogen-bond donors (Lipinski definition) is 2. The first-order valence-electron chi connectivity index (χ1n) is 4.29. The van der Waals surface area contributed by atoms with Crippen LogP contribution in [0.5, 0.6) is 11.5 Å². The first-order valence-corrected chi connectivity index (χ1v) is 4.29. The molecule has 0 spiro atoms. The Hall–Kier alpha value is -1.75. The molecule has 0 aliphatic rings. The Labute approximate surface area is 89.1 Å². The van der Waals surface area contributed by atoms with Crippen molar-refractivity contribution < 1.29 is 14.3 Å². The van der Waals surface area contributed by atoms with Crippen LogP contribution in [0.1, 0.15) is 6.92 Å². The van der Waals surface area contributed by atoms with E-state index in [2.05, 4.69) is 5.84 Å². The van der Waals surface area contributed by atoms with E-state index in [-0.39, 0.29) is 5.91 Å². The molecule has 0 unspecified atom stereocenters. The highest BCUT2D eigenvalue weighted by Gasteiger charge is 1.97. The van der Waals surface area contributed by atoms with E-state index in [9.17, 15) is 4.79 Å². The van der Waals surface area contributed by atoms with Gasteiger partial charge in [-0.05, 0) is 12.1 Å². The molecule has 15 heavy (non-hydrogen) atoms. The number of nitrogens with two attached hydrogens (primary N) is 1. The highest BCUT2D eigenvalue weighted by molar-refractivity contribution is 5.71. The summed E-state index contributed by atoms with van der Waals surface area (Å²) in [5, 5.41) is 0. The number of methoxy groups -OCH3 is 2. The zero-order chi connectivity index (χ0) is 11.7. The van der Waals surface area contributed by atoms with Gasteiger partial charge in [0.2, 0.25) is 5.91 Å². The van der Waals surface area contributed by atoms with Gasteiger partial charge in [0, 0.05) is 6.92 Å². The van der Waals surface area contributed by atoms with Gasteiger partial charge in [0.15, 0.2) is 11.5 Å². The molecule has 1 aromatic carbocycles. The van der Waals surface area contributed by atoms with Gasteiger partial charge in [0.05, 0.1) is 14.2 Å². The highest BCUT2D eigenvalue weighted by Crippen LogP contribution is 2.24. The van der Waals surface area contributed by atoms with Crippen LogP contribution in [-0.2, 0) is 4.79 Å². The van der Waals surface area contributed by atoms with Crippen LogP contribution in [0.3, 0.4) is 0 Å². The molecule has 0 heterocycles. The van der Waals surface area contributed by atoms with E-state index < -0.39 is 0 Å². The van der Waals surface area contributed by atoms with Crippen molar-refractivity contribution in [3.8, 4) is 11.5 Å². The highest BCUT2D eigenvalue weighted by atomic mass is 16.5. The van der Waals surface area contributed by atoms with Gasteiger partial charge in [-0.15, -0.1) is 0 Å². The molecule has 5 heteroatoms. The van der Waals surface area contributed by atoms with E-state index in [1.807, 2.05) is 29.7 Å². The maximum Gasteiger partial charge on any atom is 0.230 e. The van der Waals surface area contributed by atoms with Gasteiger partial charge in [-0.1, -0.05) is 12.1 Å². The Morgan fingerprint density at radius 3 is 1.73 bits per heavy atom. The molecule has 1 amide bonds. The lowest BCUT2D eigenvalue weighted by molar-refractivity contribution is -0.119. The van der Waals surface area contributed by atoms with E-state index in [1.165, 1.54) is 6.92 Å². The van der Waals surface area contributed by atoms with Crippen LogP contribution in [0.2, 0.25) is 0 Å². The maximum absolute atomic E-state index is 9.58. The lowest BCUT2D eigenvalue weighted by Crippen LogP contribution is -2.26. The monoisotopic (exact) mass is 212 g/mol. The topological polar surface area (TPSA) is 73.6 Å². The zero-order valence-electron chi connectivity index (χ0n) is 9.11. The average molecular weight is 212 g/mol. The Bertz CT molecular complexity index is 279. The normalized spacial score (nSPS) is 8.27. The van der Waals surface area contributed by atoms with Crippen molar-refractivity contribution in [2.45, 2.75) is 6.92 Å². The molecule has 5 nitrogen and oxygen atoms in total. The fourth-order valence-corrected chi connectivity index (χ4v) is 0.787. The molecule has 0 aliphatic carbocycles. The van der Waals surface area contributed by atoms with Gasteiger partial charge in [-0.25, -0.2) is 5.84 Å². The summed E-state index contributed by atoms with van der Waals surface area (Å²) < 4.78 is 10.0. The number of para-hydroxylation sites is 2. The summed E-state index contributed by atoms with van der Waals surface area (Å²) in [5.74, 6) is 5.89. The number of benzene rings is 1. The lowest BCUT2D eigenvalue weighted by atomic mass is 10.3. The molecule has 0 radical (unpaired) electrons. The third-order valence-corrected chi connectivity index (χ3v) is 1.49. The molecule has 0 saturated heterocycles. The Morgan fingerprint density at radius 2 is 1.53 bits per heavy atom. The van der Waals surface area contributed by atoms with Crippen molar-refractivity contribution in [2.24, 2.45) is 5.84 Å². The minimum Gasteiger partial charge on any atom is -0.493 e. The predicted molar refractivity (Wildman–Crippen MR) is 57.6 cm³/mol. The molecule has 0 aromatic heterocycles. The van der Waals surface area contributed by atoms with Gasteiger partial charge < -0.3 is 9.47 Å². The van der Waals surface area contributed by atoms with Gasteiger partial charge in [0.25, 0.3) is 0 Å². The lowest BCUT2D eigenvalue weighted by Gasteiger charge is -2.04. The summed E-state index contributed by atoms with van der Waals surface area (Å²) in [4.78, 5) is 9.58. The van der Waals surface area contributed by atoms with Crippen LogP contribution in [0, 0.1) is 0 Å². The van der Waals surface area contributed by atoms with Crippen LogP contribution in [0.25, 0.3) is 0 Å². The summed E-state index contributed by atoms with van der Waals surface area (Å²) in [7, 11) is 3.25. The van der Waals surface area contributed by atoms with Crippen LogP contribution in [0.4, 0.5) is 0 Å². The number of hydrogen-bond acceptors (Lipinski definition) is 4. The smallest absolute Gasteiger partial charge is 0.230 e. The minimum absolute atomic E-state index is 0.218. The van der Waals surface area contributed by atoms with Gasteiger partial charge in [0.1, 0.15) is 0 Å². The van der Waals surface area contributed by atoms with Crippen molar-refractivity contribution in [1.82, 2.24) is 5.43 Å². The fraction of sp³-hybridized carbons (Fsp3) is 0.300. The molecule has 0 fully saturated rings. The van der Waals surface area contributed by atoms with Crippen LogP contribution >= 0.6 is 0 Å². The van der Waals surface area contributed by atoms with E-state index in [0.29, 0.717) is 0 Å². The fourth-order valence-electron chi connectivity index (χ4n) is 0.787. The number of carbonyl (C=O) groups is 1. The third kappa shape index (κ3) is 5.53. The molecule has 1 rings (SSSR count). The predicted octanol–water partition coefficient (Wildman–Crippen LogP) is 0.700. The van der Waals surface area contributed by atoms with E-state index in [0.717, 1.165) is 11.5 Å². The molecule has 0 saturated carbocycles. The first-order chi connectivity index (χ1) is 7.15. The largest absolute Gasteiger partial charge is 0.493 e. The van der Waals surface area contributed by atoms with Crippen LogP contribution < -0.4 is 20.7 Å². The van der Waals surface area contributed by atoms with E-state index >= 15 is 0 Å². The average Bonchev–Trinajstić information content (AvgIpc) is 2.29. The minimum atomic E-state index is -0.218. The molecular weight excluding hydrogens is 196 g/mol. The second-order valence-electron chi connectivity index (χ2n) is 2.56. The summed E-state index contributed by atoms with van der Waals surface area (Å²) in [6, 6.07) is 7.53. The van der Waals surface area contributed by atoms with E-state index in [1.54, 1.807) is 14.2 Å². The van der Waals surface area contributed by atoms with Crippen molar-refractivity contribution >= 4 is 5.91 Å². The quantitative estimate of drug-likeness (QED) is 0.430. The first kappa shape index (κ1) is 13.2. The second-order valence-corrected chi connectivity index (χ2v) is 2.56. The summed E-state index contributed by atoms with van der Waals surface area (Å²) in [6.07, 6.45) is 0. The Balaban J connectivity index is 0.000000336. The number of carbonyl (C=O) groups excluding carboxylic acids is 1. The standard InChI is InChI=1S/C8H10O2.C2H6N2O/c1-9-7-5-3-4-6-8(7)10-2;1-2(5)4-3/h3-6H,1-2H3;3H2,1H3,(H,4,5). The number of rotatable bonds is 2. The second kappa shape index (κ2) is 7.64. The van der Waals surface area contributed by atoms with Crippen molar-refractivity contribution in [1.29, 1.82) is 0 Å². The summed E-state index contributed by atoms with van der Waals surface area (Å²) >= 11 is 0. The van der Waals surface area contributed by atoms with Crippen molar-refractivity contribution in [2.75, 3.05) is 14.2 Å². The number of ether oxygens (including phenoxy) is 2. The van der Waals surface area contributed by atoms with Crippen LogP contribution in [0.15, 0.2) is 24.3 Å². The molecule has 84 valence electrons. The molecule has 0 atom stereocenters. The van der Waals surface area contributed by atoms with Gasteiger partial charge in [-0.2, -0.15) is 0 Å². The number of hydrazine groups is 1. The maximum atomic E-state index is 9.58. The molecule has 1 aromatic rings. The number of nitrogens with one attached hydrogen (secondary N) is 1. The third-order valence-electron chi connectivity index (χ3n) is 1.49. The van der Waals surface area contributed by atoms with Crippen molar-refractivity contribution in [3.63, 3.8) is 0 Å². The molecule has 3 N–H and O–H groups in total. The number of amides is 1. The molecular formula is C10H16N2O3. The zero-order valence-corrected chi connectivity index (χ0v) is 9.11. The summed E-state index contributed by atoms with van der Waals surface area (Å²) in [6.45, 7) is 1.35. The van der Waals surface area contributed by atoms with E-state index in [4.69, 9.17) is 9.47 Å². The molecule has 0 bridgehead atoms. The van der Waals surface area contributed by atoms with Gasteiger partial charge >= 0.3 is 0 Å². The SMILES string of the molecule is CC(=O)NN.COc1ccccc1OC. The Morgan fingerprint density at radius 1 is 1.20 bits per heavy atom. The molecule has 0 aliphatic heterocycles. The van der Waals surface area contributed by atoms with Crippen LogP contribution in [-0.4, -0.2) is 20.1 Å². The Kier molecular flexibility index (Phi) is 6.74. The van der Waals surface area contributed by atoms with Gasteiger partial charge in [-0.3, -0.25) is 10.2 Å².